The first-order valence-electron chi connectivity index (χ1n) is 7.48. The summed E-state index contributed by atoms with van der Waals surface area (Å²) in [4.78, 5) is 0. The molecule has 1 aliphatic heterocycles. The Hall–Kier alpha value is -0.0400. The summed E-state index contributed by atoms with van der Waals surface area (Å²) in [5.41, 5.74) is 0.684. The maximum absolute atomic E-state index is 4.12. The second kappa shape index (κ2) is 4.91. The minimum absolute atomic E-state index is 0.342. The van der Waals surface area contributed by atoms with E-state index >= 15 is 0 Å². The van der Waals surface area contributed by atoms with Gasteiger partial charge >= 0.3 is 0 Å². The van der Waals surface area contributed by atoms with Gasteiger partial charge in [-0.3, -0.25) is 0 Å². The first-order chi connectivity index (χ1) is 7.69. The fourth-order valence-electron chi connectivity index (χ4n) is 4.04. The van der Waals surface area contributed by atoms with Crippen molar-refractivity contribution in [2.45, 2.75) is 79.3 Å². The van der Waals surface area contributed by atoms with E-state index in [-0.39, 0.29) is 0 Å². The van der Waals surface area contributed by atoms with Gasteiger partial charge in [0.2, 0.25) is 0 Å². The molecule has 0 radical (unpaired) electrons. The molecular weight excluding hydrogens is 206 g/mol. The summed E-state index contributed by atoms with van der Waals surface area (Å²) in [7, 11) is 0. The standard InChI is InChI=1S/C16H33N/c1-11(2)15(12(3)4)9-10-16(17-15,13(5)6)14(7)8/h11-14,17H,9-10H2,1-8H3. The molecule has 0 bridgehead atoms. The van der Waals surface area contributed by atoms with E-state index < -0.39 is 0 Å². The number of hydrogen-bond acceptors (Lipinski definition) is 1. The summed E-state index contributed by atoms with van der Waals surface area (Å²) >= 11 is 0. The number of nitrogens with one attached hydrogen (secondary N) is 1. The van der Waals surface area contributed by atoms with Gasteiger partial charge < -0.3 is 5.32 Å². The Balaban J connectivity index is 3.06. The molecule has 1 N–H and O–H groups in total. The second-order valence-corrected chi connectivity index (χ2v) is 7.32. The molecule has 0 aliphatic carbocycles. The maximum Gasteiger partial charge on any atom is 0.0233 e. The molecule has 0 spiro atoms. The Kier molecular flexibility index (Phi) is 4.34. The van der Waals surface area contributed by atoms with E-state index in [4.69, 9.17) is 0 Å². The fourth-order valence-corrected chi connectivity index (χ4v) is 4.04. The van der Waals surface area contributed by atoms with Crippen molar-refractivity contribution in [1.82, 2.24) is 5.32 Å². The Bertz CT molecular complexity index is 208. The molecule has 0 amide bonds. The summed E-state index contributed by atoms with van der Waals surface area (Å²) in [5.74, 6) is 2.84. The maximum atomic E-state index is 4.12. The van der Waals surface area contributed by atoms with Crippen molar-refractivity contribution in [2.24, 2.45) is 23.7 Å². The summed E-state index contributed by atoms with van der Waals surface area (Å²) in [5, 5.41) is 4.12. The van der Waals surface area contributed by atoms with Crippen LogP contribution in [0.25, 0.3) is 0 Å². The van der Waals surface area contributed by atoms with Crippen molar-refractivity contribution in [3.05, 3.63) is 0 Å². The highest BCUT2D eigenvalue weighted by atomic mass is 15.1. The van der Waals surface area contributed by atoms with Gasteiger partial charge in [-0.05, 0) is 36.5 Å². The molecule has 1 rings (SSSR count). The van der Waals surface area contributed by atoms with Gasteiger partial charge in [-0.2, -0.15) is 0 Å². The van der Waals surface area contributed by atoms with Crippen LogP contribution in [0.4, 0.5) is 0 Å². The fraction of sp³-hybridized carbons (Fsp3) is 1.00. The molecule has 0 aromatic carbocycles. The molecule has 0 saturated carbocycles. The van der Waals surface area contributed by atoms with Crippen LogP contribution in [-0.2, 0) is 0 Å². The minimum Gasteiger partial charge on any atom is -0.305 e. The molecule has 1 fully saturated rings. The molecule has 0 atom stereocenters. The van der Waals surface area contributed by atoms with Crippen LogP contribution < -0.4 is 5.32 Å². The Morgan fingerprint density at radius 3 is 0.941 bits per heavy atom. The van der Waals surface area contributed by atoms with Crippen molar-refractivity contribution < 1.29 is 0 Å². The Labute approximate surface area is 109 Å². The van der Waals surface area contributed by atoms with Crippen molar-refractivity contribution in [2.75, 3.05) is 0 Å². The third kappa shape index (κ3) is 2.28. The van der Waals surface area contributed by atoms with Crippen LogP contribution in [0, 0.1) is 23.7 Å². The van der Waals surface area contributed by atoms with Crippen molar-refractivity contribution in [3.8, 4) is 0 Å². The van der Waals surface area contributed by atoms with E-state index in [9.17, 15) is 0 Å². The van der Waals surface area contributed by atoms with E-state index in [1.807, 2.05) is 0 Å². The normalized spacial score (nSPS) is 23.3. The van der Waals surface area contributed by atoms with Gasteiger partial charge in [-0.1, -0.05) is 55.4 Å². The quantitative estimate of drug-likeness (QED) is 0.763. The lowest BCUT2D eigenvalue weighted by Crippen LogP contribution is -2.60. The van der Waals surface area contributed by atoms with Gasteiger partial charge in [0.25, 0.3) is 0 Å². The molecule has 1 aliphatic rings. The van der Waals surface area contributed by atoms with Crippen LogP contribution in [-0.4, -0.2) is 11.1 Å². The topological polar surface area (TPSA) is 12.0 Å². The van der Waals surface area contributed by atoms with Crippen LogP contribution in [0.3, 0.4) is 0 Å². The smallest absolute Gasteiger partial charge is 0.0233 e. The molecule has 1 nitrogen and oxygen atoms in total. The third-order valence-corrected chi connectivity index (χ3v) is 5.54. The highest BCUT2D eigenvalue weighted by Gasteiger charge is 2.52. The monoisotopic (exact) mass is 239 g/mol. The molecule has 17 heavy (non-hydrogen) atoms. The van der Waals surface area contributed by atoms with Crippen LogP contribution in [0.2, 0.25) is 0 Å². The van der Waals surface area contributed by atoms with Crippen molar-refractivity contribution in [3.63, 3.8) is 0 Å². The van der Waals surface area contributed by atoms with Gasteiger partial charge in [0.1, 0.15) is 0 Å². The molecule has 1 heteroatoms. The lowest BCUT2D eigenvalue weighted by molar-refractivity contribution is 0.116. The van der Waals surface area contributed by atoms with E-state index in [2.05, 4.69) is 60.7 Å². The summed E-state index contributed by atoms with van der Waals surface area (Å²) in [6.45, 7) is 19.0. The molecular formula is C16H33N. The minimum atomic E-state index is 0.342. The average molecular weight is 239 g/mol. The summed E-state index contributed by atoms with van der Waals surface area (Å²) in [6, 6.07) is 0. The van der Waals surface area contributed by atoms with Crippen LogP contribution >= 0.6 is 0 Å². The molecule has 1 saturated heterocycles. The first-order valence-corrected chi connectivity index (χ1v) is 7.48. The van der Waals surface area contributed by atoms with Crippen molar-refractivity contribution >= 4 is 0 Å². The van der Waals surface area contributed by atoms with Crippen molar-refractivity contribution in [1.29, 1.82) is 0 Å². The van der Waals surface area contributed by atoms with Gasteiger partial charge in [-0.15, -0.1) is 0 Å². The zero-order valence-corrected chi connectivity index (χ0v) is 13.2. The van der Waals surface area contributed by atoms with E-state index in [1.165, 1.54) is 12.8 Å². The van der Waals surface area contributed by atoms with E-state index in [0.717, 1.165) is 0 Å². The number of hydrogen-bond donors (Lipinski definition) is 1. The second-order valence-electron chi connectivity index (χ2n) is 7.32. The van der Waals surface area contributed by atoms with Gasteiger partial charge in [0.15, 0.2) is 0 Å². The molecule has 0 aromatic heterocycles. The van der Waals surface area contributed by atoms with Crippen LogP contribution in [0.1, 0.15) is 68.2 Å². The molecule has 0 unspecified atom stereocenters. The summed E-state index contributed by atoms with van der Waals surface area (Å²) < 4.78 is 0. The Morgan fingerprint density at radius 2 is 0.824 bits per heavy atom. The predicted octanol–water partition coefficient (Wildman–Crippen LogP) is 4.47. The average Bonchev–Trinajstić information content (AvgIpc) is 2.59. The summed E-state index contributed by atoms with van der Waals surface area (Å²) in [6.07, 6.45) is 2.66. The third-order valence-electron chi connectivity index (χ3n) is 5.54. The lowest BCUT2D eigenvalue weighted by atomic mass is 9.76. The predicted molar refractivity (Wildman–Crippen MR) is 77.2 cm³/mol. The zero-order valence-electron chi connectivity index (χ0n) is 13.2. The zero-order chi connectivity index (χ0) is 13.4. The number of rotatable bonds is 4. The van der Waals surface area contributed by atoms with Gasteiger partial charge in [0, 0.05) is 11.1 Å². The molecule has 102 valence electrons. The largest absolute Gasteiger partial charge is 0.305 e. The van der Waals surface area contributed by atoms with E-state index in [0.29, 0.717) is 34.7 Å². The SMILES string of the molecule is CC(C)C1(C(C)C)CCC(C(C)C)(C(C)C)N1. The van der Waals surface area contributed by atoms with Crippen LogP contribution in [0.5, 0.6) is 0 Å². The lowest BCUT2D eigenvalue weighted by Gasteiger charge is -2.45. The Morgan fingerprint density at radius 1 is 0.588 bits per heavy atom. The van der Waals surface area contributed by atoms with E-state index in [1.54, 1.807) is 0 Å². The van der Waals surface area contributed by atoms with Gasteiger partial charge in [0.05, 0.1) is 0 Å². The highest BCUT2D eigenvalue weighted by molar-refractivity contribution is 5.11. The van der Waals surface area contributed by atoms with Gasteiger partial charge in [-0.25, -0.2) is 0 Å². The first kappa shape index (κ1) is 15.0. The molecule has 1 heterocycles. The highest BCUT2D eigenvalue weighted by Crippen LogP contribution is 2.46. The van der Waals surface area contributed by atoms with Crippen LogP contribution in [0.15, 0.2) is 0 Å². The molecule has 0 aromatic rings.